The summed E-state index contributed by atoms with van der Waals surface area (Å²) in [6, 6.07) is 2.21. The van der Waals surface area contributed by atoms with Gasteiger partial charge in [-0.15, -0.1) is 0 Å². The van der Waals surface area contributed by atoms with Crippen LogP contribution in [0.4, 0.5) is 4.39 Å². The minimum absolute atomic E-state index is 0.282. The predicted molar refractivity (Wildman–Crippen MR) is 59.8 cm³/mol. The molecular weight excluding hydrogens is 265 g/mol. The van der Waals surface area contributed by atoms with Crippen LogP contribution in [0.2, 0.25) is 0 Å². The monoisotopic (exact) mass is 277 g/mol. The van der Waals surface area contributed by atoms with E-state index in [2.05, 4.69) is 0 Å². The van der Waals surface area contributed by atoms with Gasteiger partial charge in [0, 0.05) is 0 Å². The maximum atomic E-state index is 12.6. The summed E-state index contributed by atoms with van der Waals surface area (Å²) in [4.78, 5) is 10.5. The first-order valence-corrected chi connectivity index (χ1v) is 6.41. The van der Waals surface area contributed by atoms with Crippen LogP contribution in [0.1, 0.15) is 6.92 Å². The second-order valence-corrected chi connectivity index (χ2v) is 5.35. The van der Waals surface area contributed by atoms with Crippen LogP contribution in [0.25, 0.3) is 0 Å². The number of benzene rings is 1. The normalized spacial score (nSPS) is 15.1. The highest BCUT2D eigenvalue weighted by molar-refractivity contribution is 7.89. The summed E-state index contributed by atoms with van der Waals surface area (Å²) in [5.41, 5.74) is 0. The van der Waals surface area contributed by atoms with Gasteiger partial charge in [-0.25, -0.2) is 12.8 Å². The molecule has 1 rings (SSSR count). The van der Waals surface area contributed by atoms with E-state index in [0.717, 1.165) is 31.2 Å². The van der Waals surface area contributed by atoms with Crippen molar-refractivity contribution in [3.63, 3.8) is 0 Å². The van der Waals surface area contributed by atoms with Crippen LogP contribution in [-0.2, 0) is 14.8 Å². The largest absolute Gasteiger partial charge is 0.480 e. The Bertz CT molecular complexity index is 526. The zero-order chi connectivity index (χ0) is 13.9. The molecule has 0 radical (unpaired) electrons. The van der Waals surface area contributed by atoms with Gasteiger partial charge in [-0.2, -0.15) is 4.72 Å². The third-order valence-corrected chi connectivity index (χ3v) is 3.61. The van der Waals surface area contributed by atoms with Gasteiger partial charge in [0.2, 0.25) is 10.0 Å². The van der Waals surface area contributed by atoms with E-state index in [1.807, 2.05) is 4.72 Å². The number of halogens is 1. The number of carboxylic acids is 1. The minimum atomic E-state index is -4.12. The Morgan fingerprint density at radius 1 is 1.33 bits per heavy atom. The molecule has 6 nitrogen and oxygen atoms in total. The van der Waals surface area contributed by atoms with E-state index in [9.17, 15) is 17.6 Å². The van der Waals surface area contributed by atoms with E-state index >= 15 is 0 Å². The molecular formula is C10H12FNO5S. The number of carboxylic acid groups (broad SMARTS) is 1. The van der Waals surface area contributed by atoms with Gasteiger partial charge >= 0.3 is 5.97 Å². The van der Waals surface area contributed by atoms with E-state index in [-0.39, 0.29) is 4.90 Å². The molecule has 0 aliphatic carbocycles. The standard InChI is InChI=1S/C10H12FNO5S/c1-6(13)9(10(14)15)12-18(16,17)8-4-2-7(11)3-5-8/h2-6,9,12-13H,1H3,(H,14,15)/t6?,9-/m0/s1. The second kappa shape index (κ2) is 5.42. The molecule has 0 spiro atoms. The number of aliphatic hydroxyl groups excluding tert-OH is 1. The molecule has 0 bridgehead atoms. The fraction of sp³-hybridized carbons (Fsp3) is 0.300. The van der Waals surface area contributed by atoms with Gasteiger partial charge in [0.15, 0.2) is 0 Å². The molecule has 0 saturated carbocycles. The van der Waals surface area contributed by atoms with Gasteiger partial charge in [-0.3, -0.25) is 4.79 Å². The zero-order valence-electron chi connectivity index (χ0n) is 9.37. The van der Waals surface area contributed by atoms with Crippen molar-refractivity contribution >= 4 is 16.0 Å². The SMILES string of the molecule is CC(O)[C@H](NS(=O)(=O)c1ccc(F)cc1)C(=O)O. The molecule has 18 heavy (non-hydrogen) atoms. The summed E-state index contributed by atoms with van der Waals surface area (Å²) in [5.74, 6) is -2.12. The summed E-state index contributed by atoms with van der Waals surface area (Å²) in [7, 11) is -4.12. The highest BCUT2D eigenvalue weighted by Crippen LogP contribution is 2.11. The van der Waals surface area contributed by atoms with Crippen molar-refractivity contribution in [3.05, 3.63) is 30.1 Å². The molecule has 0 aliphatic rings. The topological polar surface area (TPSA) is 104 Å². The van der Waals surface area contributed by atoms with Crippen molar-refractivity contribution in [3.8, 4) is 0 Å². The Morgan fingerprint density at radius 3 is 2.22 bits per heavy atom. The Labute approximate surface area is 103 Å². The third-order valence-electron chi connectivity index (χ3n) is 2.15. The van der Waals surface area contributed by atoms with E-state index in [1.54, 1.807) is 0 Å². The number of sulfonamides is 1. The fourth-order valence-electron chi connectivity index (χ4n) is 1.20. The smallest absolute Gasteiger partial charge is 0.324 e. The number of nitrogens with one attached hydrogen (secondary N) is 1. The number of hydrogen-bond donors (Lipinski definition) is 3. The highest BCUT2D eigenvalue weighted by atomic mass is 32.2. The number of hydrogen-bond acceptors (Lipinski definition) is 4. The Morgan fingerprint density at radius 2 is 1.83 bits per heavy atom. The molecule has 0 aromatic heterocycles. The average molecular weight is 277 g/mol. The van der Waals surface area contributed by atoms with E-state index in [4.69, 9.17) is 10.2 Å². The molecule has 3 N–H and O–H groups in total. The summed E-state index contributed by atoms with van der Waals surface area (Å²) >= 11 is 0. The Kier molecular flexibility index (Phi) is 4.38. The van der Waals surface area contributed by atoms with E-state index < -0.39 is 34.0 Å². The van der Waals surface area contributed by atoms with Crippen molar-refractivity contribution in [1.29, 1.82) is 0 Å². The van der Waals surface area contributed by atoms with Crippen LogP contribution in [-0.4, -0.2) is 36.7 Å². The summed E-state index contributed by atoms with van der Waals surface area (Å²) in [5, 5.41) is 17.9. The van der Waals surface area contributed by atoms with Crippen LogP contribution in [0, 0.1) is 5.82 Å². The lowest BCUT2D eigenvalue weighted by Gasteiger charge is -2.17. The van der Waals surface area contributed by atoms with Crippen molar-refractivity contribution in [1.82, 2.24) is 4.72 Å². The first-order valence-electron chi connectivity index (χ1n) is 4.93. The molecule has 0 heterocycles. The summed E-state index contributed by atoms with van der Waals surface area (Å²) in [6.07, 6.45) is -1.40. The molecule has 8 heteroatoms. The number of rotatable bonds is 5. The Hall–Kier alpha value is -1.51. The van der Waals surface area contributed by atoms with Crippen molar-refractivity contribution in [2.45, 2.75) is 24.0 Å². The maximum Gasteiger partial charge on any atom is 0.324 e. The molecule has 1 aromatic carbocycles. The Balaban J connectivity index is 3.01. The van der Waals surface area contributed by atoms with Crippen molar-refractivity contribution < 1.29 is 27.8 Å². The lowest BCUT2D eigenvalue weighted by atomic mass is 10.2. The maximum absolute atomic E-state index is 12.6. The number of aliphatic hydroxyl groups is 1. The molecule has 2 atom stereocenters. The van der Waals surface area contributed by atoms with Gasteiger partial charge in [-0.1, -0.05) is 0 Å². The predicted octanol–water partition coefficient (Wildman–Crippen LogP) is -0.0620. The molecule has 0 fully saturated rings. The van der Waals surface area contributed by atoms with Crippen LogP contribution in [0.5, 0.6) is 0 Å². The molecule has 100 valence electrons. The van der Waals surface area contributed by atoms with Gasteiger partial charge < -0.3 is 10.2 Å². The third kappa shape index (κ3) is 3.49. The van der Waals surface area contributed by atoms with E-state index in [0.29, 0.717) is 0 Å². The molecule has 0 aliphatic heterocycles. The summed E-state index contributed by atoms with van der Waals surface area (Å²) in [6.45, 7) is 1.14. The summed E-state index contributed by atoms with van der Waals surface area (Å²) < 4.78 is 38.0. The van der Waals surface area contributed by atoms with Gasteiger partial charge in [0.05, 0.1) is 11.0 Å². The minimum Gasteiger partial charge on any atom is -0.480 e. The number of aliphatic carboxylic acids is 1. The van der Waals surface area contributed by atoms with Crippen LogP contribution < -0.4 is 4.72 Å². The van der Waals surface area contributed by atoms with Gasteiger partial charge in [0.25, 0.3) is 0 Å². The highest BCUT2D eigenvalue weighted by Gasteiger charge is 2.29. The average Bonchev–Trinajstić information content (AvgIpc) is 2.26. The van der Waals surface area contributed by atoms with Crippen LogP contribution >= 0.6 is 0 Å². The first-order chi connectivity index (χ1) is 8.24. The lowest BCUT2D eigenvalue weighted by molar-refractivity contribution is -0.141. The van der Waals surface area contributed by atoms with Gasteiger partial charge in [-0.05, 0) is 31.2 Å². The second-order valence-electron chi connectivity index (χ2n) is 3.63. The lowest BCUT2D eigenvalue weighted by Crippen LogP contribution is -2.47. The van der Waals surface area contributed by atoms with E-state index in [1.165, 1.54) is 0 Å². The fourth-order valence-corrected chi connectivity index (χ4v) is 2.47. The van der Waals surface area contributed by atoms with Crippen LogP contribution in [0.15, 0.2) is 29.2 Å². The van der Waals surface area contributed by atoms with Crippen molar-refractivity contribution in [2.24, 2.45) is 0 Å². The number of carbonyl (C=O) groups is 1. The van der Waals surface area contributed by atoms with Crippen LogP contribution in [0.3, 0.4) is 0 Å². The van der Waals surface area contributed by atoms with Crippen molar-refractivity contribution in [2.75, 3.05) is 0 Å². The molecule has 0 saturated heterocycles. The quantitative estimate of drug-likeness (QED) is 0.699. The first kappa shape index (κ1) is 14.6. The molecule has 1 aromatic rings. The molecule has 0 amide bonds. The van der Waals surface area contributed by atoms with Gasteiger partial charge in [0.1, 0.15) is 11.9 Å². The zero-order valence-corrected chi connectivity index (χ0v) is 10.2. The molecule has 1 unspecified atom stereocenters.